The standard InChI is InChI=1S/C12H12N4O2/c1-8-11(18)7-13-12(15-8)16-14-6-9-2-4-10(17)5-3-9/h2-7,17-18H,1H3,(H,13,15,16)/b14-6+. The van der Waals surface area contributed by atoms with Gasteiger partial charge in [0.1, 0.15) is 5.75 Å². The molecule has 0 amide bonds. The third kappa shape index (κ3) is 2.94. The van der Waals surface area contributed by atoms with Crippen LogP contribution in [0.2, 0.25) is 0 Å². The van der Waals surface area contributed by atoms with Gasteiger partial charge in [0.2, 0.25) is 5.95 Å². The number of aromatic nitrogens is 2. The Kier molecular flexibility index (Phi) is 3.38. The number of phenolic OH excluding ortho intramolecular Hbond substituents is 1. The number of aromatic hydroxyl groups is 2. The number of benzene rings is 1. The van der Waals surface area contributed by atoms with Crippen LogP contribution in [0.5, 0.6) is 11.5 Å². The number of hydrogen-bond donors (Lipinski definition) is 3. The summed E-state index contributed by atoms with van der Waals surface area (Å²) in [6.45, 7) is 1.67. The maximum absolute atomic E-state index is 9.26. The summed E-state index contributed by atoms with van der Waals surface area (Å²) in [6.07, 6.45) is 2.88. The molecular weight excluding hydrogens is 232 g/mol. The molecule has 6 heteroatoms. The molecule has 6 nitrogen and oxygen atoms in total. The lowest BCUT2D eigenvalue weighted by Crippen LogP contribution is -1.97. The van der Waals surface area contributed by atoms with Crippen molar-refractivity contribution >= 4 is 12.2 Å². The zero-order valence-corrected chi connectivity index (χ0v) is 9.70. The van der Waals surface area contributed by atoms with Crippen molar-refractivity contribution in [1.82, 2.24) is 9.97 Å². The van der Waals surface area contributed by atoms with Crippen LogP contribution in [0.4, 0.5) is 5.95 Å². The molecule has 1 heterocycles. The highest BCUT2D eigenvalue weighted by atomic mass is 16.3. The first-order valence-corrected chi connectivity index (χ1v) is 5.26. The largest absolute Gasteiger partial charge is 0.508 e. The highest BCUT2D eigenvalue weighted by molar-refractivity contribution is 5.80. The third-order valence-electron chi connectivity index (χ3n) is 2.22. The molecule has 0 spiro atoms. The van der Waals surface area contributed by atoms with Crippen molar-refractivity contribution in [3.63, 3.8) is 0 Å². The van der Waals surface area contributed by atoms with E-state index in [4.69, 9.17) is 5.11 Å². The Bertz CT molecular complexity index is 567. The predicted molar refractivity (Wildman–Crippen MR) is 67.8 cm³/mol. The van der Waals surface area contributed by atoms with Crippen molar-refractivity contribution in [3.05, 3.63) is 41.7 Å². The maximum Gasteiger partial charge on any atom is 0.243 e. The van der Waals surface area contributed by atoms with Crippen LogP contribution in [0, 0.1) is 6.92 Å². The number of rotatable bonds is 3. The van der Waals surface area contributed by atoms with Crippen LogP contribution in [-0.4, -0.2) is 26.4 Å². The van der Waals surface area contributed by atoms with Gasteiger partial charge in [0.05, 0.1) is 18.1 Å². The Balaban J connectivity index is 2.02. The number of nitrogens with zero attached hydrogens (tertiary/aromatic N) is 3. The molecule has 0 bridgehead atoms. The molecule has 2 rings (SSSR count). The second-order valence-electron chi connectivity index (χ2n) is 3.63. The van der Waals surface area contributed by atoms with E-state index in [-0.39, 0.29) is 11.5 Å². The molecule has 0 fully saturated rings. The average molecular weight is 244 g/mol. The van der Waals surface area contributed by atoms with E-state index in [1.807, 2.05) is 0 Å². The molecule has 0 aliphatic heterocycles. The predicted octanol–water partition coefficient (Wildman–Crippen LogP) is 1.64. The van der Waals surface area contributed by atoms with Crippen LogP contribution in [0.25, 0.3) is 0 Å². The molecule has 0 radical (unpaired) electrons. The zero-order chi connectivity index (χ0) is 13.0. The molecule has 0 unspecified atom stereocenters. The minimum absolute atomic E-state index is 0.0445. The molecule has 0 aliphatic carbocycles. The molecule has 18 heavy (non-hydrogen) atoms. The topological polar surface area (TPSA) is 90.6 Å². The van der Waals surface area contributed by atoms with Crippen molar-refractivity contribution in [2.75, 3.05) is 5.43 Å². The van der Waals surface area contributed by atoms with E-state index in [1.165, 1.54) is 6.20 Å². The van der Waals surface area contributed by atoms with Gasteiger partial charge in [0, 0.05) is 0 Å². The Hall–Kier alpha value is -2.63. The van der Waals surface area contributed by atoms with Gasteiger partial charge in [-0.2, -0.15) is 5.10 Å². The Morgan fingerprint density at radius 2 is 1.94 bits per heavy atom. The minimum Gasteiger partial charge on any atom is -0.508 e. The SMILES string of the molecule is Cc1nc(N/N=C/c2ccc(O)cc2)ncc1O. The van der Waals surface area contributed by atoms with E-state index in [1.54, 1.807) is 37.4 Å². The molecule has 0 saturated carbocycles. The Morgan fingerprint density at radius 1 is 1.22 bits per heavy atom. The molecule has 0 atom stereocenters. The summed E-state index contributed by atoms with van der Waals surface area (Å²) in [4.78, 5) is 7.85. The minimum atomic E-state index is 0.0445. The van der Waals surface area contributed by atoms with Crippen LogP contribution in [0.3, 0.4) is 0 Å². The van der Waals surface area contributed by atoms with Crippen molar-refractivity contribution in [3.8, 4) is 11.5 Å². The van der Waals surface area contributed by atoms with Crippen molar-refractivity contribution < 1.29 is 10.2 Å². The first-order valence-electron chi connectivity index (χ1n) is 5.26. The highest BCUT2D eigenvalue weighted by Crippen LogP contribution is 2.12. The first-order chi connectivity index (χ1) is 8.65. The highest BCUT2D eigenvalue weighted by Gasteiger charge is 1.99. The van der Waals surface area contributed by atoms with Gasteiger partial charge in [-0.3, -0.25) is 0 Å². The second kappa shape index (κ2) is 5.13. The number of aryl methyl sites for hydroxylation is 1. The third-order valence-corrected chi connectivity index (χ3v) is 2.22. The van der Waals surface area contributed by atoms with Gasteiger partial charge in [-0.15, -0.1) is 0 Å². The van der Waals surface area contributed by atoms with Gasteiger partial charge < -0.3 is 10.2 Å². The van der Waals surface area contributed by atoms with E-state index in [0.29, 0.717) is 11.6 Å². The van der Waals surface area contributed by atoms with Crippen molar-refractivity contribution in [1.29, 1.82) is 0 Å². The summed E-state index contributed by atoms with van der Waals surface area (Å²) in [5.41, 5.74) is 3.96. The van der Waals surface area contributed by atoms with Crippen LogP contribution < -0.4 is 5.43 Å². The number of anilines is 1. The summed E-state index contributed by atoms with van der Waals surface area (Å²) in [5.74, 6) is 0.556. The molecule has 92 valence electrons. The monoisotopic (exact) mass is 244 g/mol. The van der Waals surface area contributed by atoms with Crippen molar-refractivity contribution in [2.45, 2.75) is 6.92 Å². The van der Waals surface area contributed by atoms with Crippen LogP contribution in [0.1, 0.15) is 11.3 Å². The molecule has 0 saturated heterocycles. The molecule has 1 aromatic heterocycles. The van der Waals surface area contributed by atoms with Gasteiger partial charge in [0.15, 0.2) is 5.75 Å². The summed E-state index contributed by atoms with van der Waals surface area (Å²) in [7, 11) is 0. The summed E-state index contributed by atoms with van der Waals surface area (Å²) >= 11 is 0. The number of nitrogens with one attached hydrogen (secondary N) is 1. The van der Waals surface area contributed by atoms with Crippen LogP contribution in [-0.2, 0) is 0 Å². The number of hydrazone groups is 1. The fourth-order valence-electron chi connectivity index (χ4n) is 1.24. The molecule has 2 aromatic rings. The van der Waals surface area contributed by atoms with Crippen LogP contribution >= 0.6 is 0 Å². The molecule has 3 N–H and O–H groups in total. The maximum atomic E-state index is 9.26. The fraction of sp³-hybridized carbons (Fsp3) is 0.0833. The summed E-state index contributed by atoms with van der Waals surface area (Å²) in [6, 6.07) is 6.60. The Labute approximate surface area is 104 Å². The molecule has 0 aliphatic rings. The second-order valence-corrected chi connectivity index (χ2v) is 3.63. The van der Waals surface area contributed by atoms with E-state index in [2.05, 4.69) is 20.5 Å². The molecule has 1 aromatic carbocycles. The van der Waals surface area contributed by atoms with Gasteiger partial charge in [-0.05, 0) is 36.8 Å². The van der Waals surface area contributed by atoms with Gasteiger partial charge in [-0.25, -0.2) is 15.4 Å². The fourth-order valence-corrected chi connectivity index (χ4v) is 1.24. The van der Waals surface area contributed by atoms with E-state index in [0.717, 1.165) is 5.56 Å². The van der Waals surface area contributed by atoms with Crippen LogP contribution in [0.15, 0.2) is 35.6 Å². The lowest BCUT2D eigenvalue weighted by molar-refractivity contribution is 0.464. The van der Waals surface area contributed by atoms with Gasteiger partial charge in [-0.1, -0.05) is 0 Å². The van der Waals surface area contributed by atoms with Crippen molar-refractivity contribution in [2.24, 2.45) is 5.10 Å². The number of hydrogen-bond acceptors (Lipinski definition) is 6. The quantitative estimate of drug-likeness (QED) is 0.564. The Morgan fingerprint density at radius 3 is 2.61 bits per heavy atom. The summed E-state index contributed by atoms with van der Waals surface area (Å²) in [5, 5.41) is 22.3. The number of phenols is 1. The average Bonchev–Trinajstić information content (AvgIpc) is 2.36. The van der Waals surface area contributed by atoms with Gasteiger partial charge in [0.25, 0.3) is 0 Å². The van der Waals surface area contributed by atoms with E-state index in [9.17, 15) is 5.11 Å². The smallest absolute Gasteiger partial charge is 0.243 e. The van der Waals surface area contributed by atoms with E-state index < -0.39 is 0 Å². The lowest BCUT2D eigenvalue weighted by Gasteiger charge is -2.00. The lowest BCUT2D eigenvalue weighted by atomic mass is 10.2. The zero-order valence-electron chi connectivity index (χ0n) is 9.70. The van der Waals surface area contributed by atoms with Gasteiger partial charge >= 0.3 is 0 Å². The normalized spacial score (nSPS) is 10.7. The summed E-state index contributed by atoms with van der Waals surface area (Å²) < 4.78 is 0. The van der Waals surface area contributed by atoms with E-state index >= 15 is 0 Å². The molecular formula is C12H12N4O2. The first kappa shape index (κ1) is 11.8.